The minimum atomic E-state index is -3.55. The summed E-state index contributed by atoms with van der Waals surface area (Å²) >= 11 is 0. The van der Waals surface area contributed by atoms with Gasteiger partial charge in [0.05, 0.1) is 4.90 Å². The van der Waals surface area contributed by atoms with Crippen LogP contribution < -0.4 is 9.62 Å². The molecule has 142 valence electrons. The Hall–Kier alpha value is -2.18. The summed E-state index contributed by atoms with van der Waals surface area (Å²) in [5.41, 5.74) is 2.91. The van der Waals surface area contributed by atoms with Crippen molar-refractivity contribution in [2.45, 2.75) is 37.0 Å². The Kier molecular flexibility index (Phi) is 5.02. The van der Waals surface area contributed by atoms with Crippen LogP contribution in [0.25, 0.3) is 0 Å². The molecule has 1 aliphatic carbocycles. The molecule has 2 aromatic carbocycles. The molecule has 0 unspecified atom stereocenters. The molecule has 1 amide bonds. The predicted octanol–water partition coefficient (Wildman–Crippen LogP) is 2.90. The van der Waals surface area contributed by atoms with Crippen LogP contribution in [-0.2, 0) is 27.7 Å². The molecule has 1 saturated carbocycles. The fourth-order valence-corrected chi connectivity index (χ4v) is 4.79. The van der Waals surface area contributed by atoms with Gasteiger partial charge in [-0.15, -0.1) is 0 Å². The molecule has 0 aromatic heterocycles. The van der Waals surface area contributed by atoms with E-state index in [-0.39, 0.29) is 16.7 Å². The summed E-state index contributed by atoms with van der Waals surface area (Å²) in [4.78, 5) is 14.6. The van der Waals surface area contributed by atoms with Gasteiger partial charge in [0.15, 0.2) is 0 Å². The van der Waals surface area contributed by atoms with E-state index in [4.69, 9.17) is 0 Å². The van der Waals surface area contributed by atoms with Gasteiger partial charge in [0, 0.05) is 24.7 Å². The monoisotopic (exact) mass is 384 g/mol. The number of benzene rings is 2. The lowest BCUT2D eigenvalue weighted by Gasteiger charge is -2.29. The van der Waals surface area contributed by atoms with E-state index in [1.165, 1.54) is 0 Å². The molecule has 2 aliphatic rings. The molecule has 0 saturated heterocycles. The summed E-state index contributed by atoms with van der Waals surface area (Å²) < 4.78 is 27.9. The summed E-state index contributed by atoms with van der Waals surface area (Å²) in [7, 11) is -3.55. The van der Waals surface area contributed by atoms with E-state index in [9.17, 15) is 13.2 Å². The largest absolute Gasteiger partial charge is 0.312 e. The molecule has 6 heteroatoms. The molecule has 1 aliphatic heterocycles. The smallest absolute Gasteiger partial charge is 0.240 e. The van der Waals surface area contributed by atoms with Gasteiger partial charge >= 0.3 is 0 Å². The number of hydrogen-bond donors (Lipinski definition) is 1. The second-order valence-corrected chi connectivity index (χ2v) is 9.06. The second-order valence-electron chi connectivity index (χ2n) is 7.29. The number of rotatable bonds is 6. The molecule has 1 fully saturated rings. The lowest BCUT2D eigenvalue weighted by molar-refractivity contribution is -0.124. The van der Waals surface area contributed by atoms with Gasteiger partial charge in [-0.05, 0) is 55.0 Å². The van der Waals surface area contributed by atoms with Crippen LogP contribution in [0.15, 0.2) is 53.4 Å². The van der Waals surface area contributed by atoms with Gasteiger partial charge in [0.2, 0.25) is 15.9 Å². The van der Waals surface area contributed by atoms with Crippen LogP contribution in [-0.4, -0.2) is 27.4 Å². The van der Waals surface area contributed by atoms with E-state index in [1.54, 1.807) is 18.2 Å². The highest BCUT2D eigenvalue weighted by atomic mass is 32.2. The lowest BCUT2D eigenvalue weighted by Crippen LogP contribution is -2.37. The number of sulfonamides is 1. The molecular formula is C21H24N2O3S. The predicted molar refractivity (Wildman–Crippen MR) is 105 cm³/mol. The Morgan fingerprint density at radius 1 is 1.11 bits per heavy atom. The third kappa shape index (κ3) is 3.77. The Bertz CT molecular complexity index is 937. The zero-order valence-corrected chi connectivity index (χ0v) is 16.0. The standard InChI is InChI=1S/C21H24N2O3S/c24-21(17-7-4-8-17)23-14-12-18-15-19(9-10-20(18)23)27(25,26)22-13-11-16-5-2-1-3-6-16/h1-3,5-6,9-10,15,17,22H,4,7-8,11-14H2. The normalized spacial score (nSPS) is 16.8. The van der Waals surface area contributed by atoms with Crippen molar-refractivity contribution in [2.24, 2.45) is 5.92 Å². The highest BCUT2D eigenvalue weighted by Gasteiger charge is 2.33. The molecule has 0 bridgehead atoms. The average molecular weight is 385 g/mol. The number of nitrogens with one attached hydrogen (secondary N) is 1. The minimum absolute atomic E-state index is 0.152. The van der Waals surface area contributed by atoms with Gasteiger partial charge in [0.25, 0.3) is 0 Å². The first kappa shape index (κ1) is 18.2. The quantitative estimate of drug-likeness (QED) is 0.833. The van der Waals surface area contributed by atoms with Crippen LogP contribution in [0.5, 0.6) is 0 Å². The highest BCUT2D eigenvalue weighted by Crippen LogP contribution is 2.35. The molecular weight excluding hydrogens is 360 g/mol. The summed E-state index contributed by atoms with van der Waals surface area (Å²) in [6.07, 6.45) is 4.43. The Balaban J connectivity index is 1.44. The molecule has 1 N–H and O–H groups in total. The van der Waals surface area contributed by atoms with Crippen LogP contribution in [0, 0.1) is 5.92 Å². The van der Waals surface area contributed by atoms with E-state index in [0.29, 0.717) is 25.9 Å². The molecule has 1 heterocycles. The number of carbonyl (C=O) groups is 1. The van der Waals surface area contributed by atoms with Crippen molar-refractivity contribution in [1.29, 1.82) is 0 Å². The topological polar surface area (TPSA) is 66.5 Å². The van der Waals surface area contributed by atoms with Gasteiger partial charge in [-0.3, -0.25) is 4.79 Å². The maximum atomic E-state index is 12.6. The molecule has 2 aromatic rings. The Morgan fingerprint density at radius 2 is 1.89 bits per heavy atom. The number of hydrogen-bond acceptors (Lipinski definition) is 3. The van der Waals surface area contributed by atoms with Crippen LogP contribution in [0.1, 0.15) is 30.4 Å². The average Bonchev–Trinajstić information content (AvgIpc) is 3.04. The van der Waals surface area contributed by atoms with Crippen LogP contribution in [0.2, 0.25) is 0 Å². The van der Waals surface area contributed by atoms with Crippen molar-refractivity contribution >= 4 is 21.6 Å². The van der Waals surface area contributed by atoms with Crippen LogP contribution in [0.4, 0.5) is 5.69 Å². The number of anilines is 1. The summed E-state index contributed by atoms with van der Waals surface area (Å²) in [6, 6.07) is 14.9. The molecule has 5 nitrogen and oxygen atoms in total. The fourth-order valence-electron chi connectivity index (χ4n) is 3.71. The lowest BCUT2D eigenvalue weighted by atomic mass is 9.84. The maximum absolute atomic E-state index is 12.6. The zero-order valence-electron chi connectivity index (χ0n) is 15.2. The van der Waals surface area contributed by atoms with E-state index in [1.807, 2.05) is 35.2 Å². The number of nitrogens with zero attached hydrogens (tertiary/aromatic N) is 1. The molecule has 0 radical (unpaired) electrons. The first-order valence-electron chi connectivity index (χ1n) is 9.52. The van der Waals surface area contributed by atoms with E-state index < -0.39 is 10.0 Å². The minimum Gasteiger partial charge on any atom is -0.312 e. The summed E-state index contributed by atoms with van der Waals surface area (Å²) in [5.74, 6) is 0.343. The van der Waals surface area contributed by atoms with Crippen molar-refractivity contribution in [3.63, 3.8) is 0 Å². The number of fused-ring (bicyclic) bond motifs is 1. The van der Waals surface area contributed by atoms with Gasteiger partial charge in [-0.25, -0.2) is 13.1 Å². The van der Waals surface area contributed by atoms with Crippen molar-refractivity contribution < 1.29 is 13.2 Å². The molecule has 0 atom stereocenters. The third-order valence-electron chi connectivity index (χ3n) is 5.53. The van der Waals surface area contributed by atoms with Crippen molar-refractivity contribution in [3.8, 4) is 0 Å². The Morgan fingerprint density at radius 3 is 2.59 bits per heavy atom. The van der Waals surface area contributed by atoms with E-state index in [2.05, 4.69) is 4.72 Å². The SMILES string of the molecule is O=C(C1CCC1)N1CCc2cc(S(=O)(=O)NCCc3ccccc3)ccc21. The van der Waals surface area contributed by atoms with Crippen LogP contribution in [0.3, 0.4) is 0 Å². The van der Waals surface area contributed by atoms with Crippen molar-refractivity contribution in [2.75, 3.05) is 18.0 Å². The highest BCUT2D eigenvalue weighted by molar-refractivity contribution is 7.89. The van der Waals surface area contributed by atoms with Gasteiger partial charge in [-0.2, -0.15) is 0 Å². The summed E-state index contributed by atoms with van der Waals surface area (Å²) in [5, 5.41) is 0. The van der Waals surface area contributed by atoms with Crippen molar-refractivity contribution in [1.82, 2.24) is 4.72 Å². The van der Waals surface area contributed by atoms with Crippen molar-refractivity contribution in [3.05, 3.63) is 59.7 Å². The third-order valence-corrected chi connectivity index (χ3v) is 6.98. The second kappa shape index (κ2) is 7.44. The van der Waals surface area contributed by atoms with Gasteiger partial charge in [0.1, 0.15) is 0 Å². The van der Waals surface area contributed by atoms with Gasteiger partial charge < -0.3 is 4.90 Å². The van der Waals surface area contributed by atoms with Gasteiger partial charge in [-0.1, -0.05) is 36.8 Å². The molecule has 27 heavy (non-hydrogen) atoms. The molecule has 4 rings (SSSR count). The maximum Gasteiger partial charge on any atom is 0.240 e. The first-order valence-corrected chi connectivity index (χ1v) is 11.0. The number of amides is 1. The summed E-state index contributed by atoms with van der Waals surface area (Å²) in [6.45, 7) is 1.01. The van der Waals surface area contributed by atoms with E-state index >= 15 is 0 Å². The Labute approximate surface area is 160 Å². The fraction of sp³-hybridized carbons (Fsp3) is 0.381. The van der Waals surface area contributed by atoms with E-state index in [0.717, 1.165) is 36.1 Å². The number of carbonyl (C=O) groups excluding carboxylic acids is 1. The van der Waals surface area contributed by atoms with Crippen LogP contribution >= 0.6 is 0 Å². The molecule has 0 spiro atoms. The zero-order chi connectivity index (χ0) is 18.9. The first-order chi connectivity index (χ1) is 13.0.